The van der Waals surface area contributed by atoms with Gasteiger partial charge in [0.05, 0.1) is 18.1 Å². The van der Waals surface area contributed by atoms with E-state index in [1.165, 1.54) is 0 Å². The van der Waals surface area contributed by atoms with Gasteiger partial charge in [0.1, 0.15) is 5.67 Å². The van der Waals surface area contributed by atoms with Crippen LogP contribution in [-0.2, 0) is 9.59 Å². The summed E-state index contributed by atoms with van der Waals surface area (Å²) in [5.74, 6) is -2.24. The Morgan fingerprint density at radius 1 is 1.25 bits per heavy atom. The number of halogens is 2. The molecule has 0 amide bonds. The molecule has 0 aromatic heterocycles. The van der Waals surface area contributed by atoms with E-state index in [2.05, 4.69) is 0 Å². The van der Waals surface area contributed by atoms with E-state index < -0.39 is 57.8 Å². The van der Waals surface area contributed by atoms with Crippen molar-refractivity contribution in [2.24, 2.45) is 22.7 Å². The van der Waals surface area contributed by atoms with Crippen LogP contribution in [-0.4, -0.2) is 56.2 Å². The van der Waals surface area contributed by atoms with Crippen molar-refractivity contribution >= 4 is 23.2 Å². The van der Waals surface area contributed by atoms with Crippen molar-refractivity contribution in [1.29, 1.82) is 0 Å². The molecule has 4 aliphatic carbocycles. The molecule has 3 fully saturated rings. The highest BCUT2D eigenvalue weighted by atomic mass is 35.5. The maximum atomic E-state index is 16.9. The highest BCUT2D eigenvalue weighted by molar-refractivity contribution is 6.29. The van der Waals surface area contributed by atoms with E-state index in [9.17, 15) is 24.9 Å². The zero-order chi connectivity index (χ0) is 20.7. The molecule has 0 bridgehead atoms. The summed E-state index contributed by atoms with van der Waals surface area (Å²) in [6.45, 7) is 3.45. The Hall–Kier alpha value is -0.820. The first-order valence-corrected chi connectivity index (χ1v) is 10.6. The molecule has 3 N–H and O–H groups in total. The third-order valence-corrected chi connectivity index (χ3v) is 9.05. The average Bonchev–Trinajstić information content (AvgIpc) is 2.84. The number of aliphatic hydroxyl groups is 3. The highest BCUT2D eigenvalue weighted by Gasteiger charge is 2.76. The van der Waals surface area contributed by atoms with E-state index in [1.807, 2.05) is 0 Å². The molecule has 0 heterocycles. The van der Waals surface area contributed by atoms with Crippen LogP contribution in [0.4, 0.5) is 4.39 Å². The summed E-state index contributed by atoms with van der Waals surface area (Å²) in [7, 11) is 0. The summed E-state index contributed by atoms with van der Waals surface area (Å²) in [4.78, 5) is 24.4. The Bertz CT molecular complexity index is 770. The van der Waals surface area contributed by atoms with E-state index in [-0.39, 0.29) is 25.0 Å². The Kier molecular flexibility index (Phi) is 4.45. The van der Waals surface area contributed by atoms with Crippen molar-refractivity contribution in [3.8, 4) is 0 Å². The predicted octanol–water partition coefficient (Wildman–Crippen LogP) is 2.09. The van der Waals surface area contributed by atoms with Crippen molar-refractivity contribution in [3.63, 3.8) is 0 Å². The number of allylic oxidation sites excluding steroid dienone is 1. The standard InChI is InChI=1S/C21H28ClFO5/c1-18-6-5-12(24)7-11(18)3-4-13-14-8-15(25)21(28,17(27)10-22)19(14,2)9-16(26)20(13,18)23/h7,13-16,25-26,28H,3-6,8-10H2,1-2H3. The molecule has 5 nitrogen and oxygen atoms in total. The molecule has 8 atom stereocenters. The Morgan fingerprint density at radius 3 is 2.57 bits per heavy atom. The number of Topliss-reactive ketones (excluding diaryl/α,β-unsaturated/α-hetero) is 1. The van der Waals surface area contributed by atoms with Crippen molar-refractivity contribution in [3.05, 3.63) is 11.6 Å². The van der Waals surface area contributed by atoms with Gasteiger partial charge in [0.2, 0.25) is 0 Å². The number of hydrogen-bond acceptors (Lipinski definition) is 5. The number of aliphatic hydroxyl groups excluding tert-OH is 2. The van der Waals surface area contributed by atoms with Crippen LogP contribution in [0.15, 0.2) is 11.6 Å². The second-order valence-corrected chi connectivity index (χ2v) is 9.97. The van der Waals surface area contributed by atoms with Crippen LogP contribution < -0.4 is 0 Å². The van der Waals surface area contributed by atoms with Gasteiger partial charge >= 0.3 is 0 Å². The third kappa shape index (κ3) is 2.13. The minimum Gasteiger partial charge on any atom is -0.390 e. The van der Waals surface area contributed by atoms with Crippen LogP contribution in [0.5, 0.6) is 0 Å². The summed E-state index contributed by atoms with van der Waals surface area (Å²) in [5, 5.41) is 33.0. The zero-order valence-corrected chi connectivity index (χ0v) is 17.0. The van der Waals surface area contributed by atoms with E-state index in [4.69, 9.17) is 11.6 Å². The monoisotopic (exact) mass is 414 g/mol. The second-order valence-electron chi connectivity index (χ2n) is 9.70. The smallest absolute Gasteiger partial charge is 0.182 e. The van der Waals surface area contributed by atoms with Gasteiger partial charge in [-0.2, -0.15) is 0 Å². The first kappa shape index (κ1) is 20.5. The number of rotatable bonds is 2. The minimum absolute atomic E-state index is 0.0111. The Morgan fingerprint density at radius 2 is 1.93 bits per heavy atom. The lowest BCUT2D eigenvalue weighted by Crippen LogP contribution is -2.70. The molecular weight excluding hydrogens is 387 g/mol. The second kappa shape index (κ2) is 6.10. The van der Waals surface area contributed by atoms with E-state index in [0.29, 0.717) is 19.3 Å². The van der Waals surface area contributed by atoms with E-state index >= 15 is 4.39 Å². The van der Waals surface area contributed by atoms with Crippen LogP contribution in [0.2, 0.25) is 0 Å². The number of fused-ring (bicyclic) bond motifs is 5. The molecule has 156 valence electrons. The van der Waals surface area contributed by atoms with Crippen LogP contribution >= 0.6 is 11.6 Å². The van der Waals surface area contributed by atoms with E-state index in [0.717, 1.165) is 5.57 Å². The molecule has 28 heavy (non-hydrogen) atoms. The van der Waals surface area contributed by atoms with Gasteiger partial charge in [-0.3, -0.25) is 9.59 Å². The summed E-state index contributed by atoms with van der Waals surface area (Å²) in [6.07, 6.45) is 0.240. The van der Waals surface area contributed by atoms with Gasteiger partial charge in [-0.05, 0) is 44.1 Å². The number of carbonyl (C=O) groups is 2. The van der Waals surface area contributed by atoms with Crippen molar-refractivity contribution in [2.75, 3.05) is 5.88 Å². The molecule has 0 saturated heterocycles. The molecule has 0 radical (unpaired) electrons. The normalized spacial score (nSPS) is 53.1. The van der Waals surface area contributed by atoms with Crippen molar-refractivity contribution in [1.82, 2.24) is 0 Å². The van der Waals surface area contributed by atoms with E-state index in [1.54, 1.807) is 19.9 Å². The summed E-state index contributed by atoms with van der Waals surface area (Å²) < 4.78 is 16.9. The molecule has 0 aromatic rings. The lowest BCUT2D eigenvalue weighted by atomic mass is 9.44. The quantitative estimate of drug-likeness (QED) is 0.601. The van der Waals surface area contributed by atoms with Gasteiger partial charge < -0.3 is 15.3 Å². The van der Waals surface area contributed by atoms with Crippen LogP contribution in [0.1, 0.15) is 52.4 Å². The number of alkyl halides is 2. The predicted molar refractivity (Wildman–Crippen MR) is 101 cm³/mol. The molecule has 0 aliphatic heterocycles. The fourth-order valence-electron chi connectivity index (χ4n) is 7.19. The molecular formula is C21H28ClFO5. The van der Waals surface area contributed by atoms with Gasteiger partial charge in [0.25, 0.3) is 0 Å². The SMILES string of the molecule is CC12CCC(=O)C=C1CCC1C3CC(O)C(O)(C(=O)CCl)C3(C)CC(O)C12F. The molecule has 0 aromatic carbocycles. The largest absolute Gasteiger partial charge is 0.390 e. The third-order valence-electron chi connectivity index (χ3n) is 8.81. The first-order chi connectivity index (χ1) is 13.0. The van der Waals surface area contributed by atoms with Gasteiger partial charge in [-0.1, -0.05) is 19.4 Å². The summed E-state index contributed by atoms with van der Waals surface area (Å²) >= 11 is 5.71. The maximum Gasteiger partial charge on any atom is 0.182 e. The number of hydrogen-bond donors (Lipinski definition) is 3. The number of carbonyl (C=O) groups excluding carboxylic acids is 2. The highest BCUT2D eigenvalue weighted by Crippen LogP contribution is 2.70. The molecule has 3 saturated carbocycles. The van der Waals surface area contributed by atoms with Gasteiger partial charge in [-0.15, -0.1) is 11.6 Å². The average molecular weight is 415 g/mol. The lowest BCUT2D eigenvalue weighted by molar-refractivity contribution is -0.229. The van der Waals surface area contributed by atoms with Crippen molar-refractivity contribution in [2.45, 2.75) is 75.9 Å². The fourth-order valence-corrected chi connectivity index (χ4v) is 7.39. The van der Waals surface area contributed by atoms with Gasteiger partial charge in [0, 0.05) is 23.2 Å². The topological polar surface area (TPSA) is 94.8 Å². The molecule has 8 unspecified atom stereocenters. The molecule has 7 heteroatoms. The zero-order valence-electron chi connectivity index (χ0n) is 16.3. The van der Waals surface area contributed by atoms with Gasteiger partial charge in [-0.25, -0.2) is 4.39 Å². The first-order valence-electron chi connectivity index (χ1n) is 10.1. The van der Waals surface area contributed by atoms with Gasteiger partial charge in [0.15, 0.2) is 17.2 Å². The molecule has 0 spiro atoms. The minimum atomic E-state index is -2.10. The lowest BCUT2D eigenvalue weighted by Gasteiger charge is -2.63. The maximum absolute atomic E-state index is 16.9. The summed E-state index contributed by atoms with van der Waals surface area (Å²) in [6, 6.07) is 0. The Balaban J connectivity index is 1.83. The number of ketones is 2. The van der Waals surface area contributed by atoms with Crippen LogP contribution in [0.25, 0.3) is 0 Å². The molecule has 4 rings (SSSR count). The molecule has 4 aliphatic rings. The van der Waals surface area contributed by atoms with Crippen molar-refractivity contribution < 1.29 is 29.3 Å². The fraction of sp³-hybridized carbons (Fsp3) is 0.810. The van der Waals surface area contributed by atoms with Crippen LogP contribution in [0, 0.1) is 22.7 Å². The Labute approximate surface area is 168 Å². The van der Waals surface area contributed by atoms with Crippen LogP contribution in [0.3, 0.4) is 0 Å². The summed E-state index contributed by atoms with van der Waals surface area (Å²) in [5.41, 5.74) is -5.46.